The number of ether oxygens (including phenoxy) is 2. The fraction of sp³-hybridized carbons (Fsp3) is 0.440. The van der Waals surface area contributed by atoms with E-state index in [4.69, 9.17) is 14.7 Å². The summed E-state index contributed by atoms with van der Waals surface area (Å²) in [6.45, 7) is 0.425. The normalized spacial score (nSPS) is 20.4. The van der Waals surface area contributed by atoms with Crippen molar-refractivity contribution < 1.29 is 28.6 Å². The van der Waals surface area contributed by atoms with Crippen molar-refractivity contribution in [1.29, 1.82) is 5.26 Å². The van der Waals surface area contributed by atoms with Gasteiger partial charge >= 0.3 is 12.1 Å². The standard InChI is InChI=1S/C25H24BrFN4O5/c1-35-18(32)6-5-14-10-16-23(31(14)22-13-9-17(22)30(11-13)25(33)34)15-8-12(4-3-7-28)19(26)20(27)21(15)29-24(16)36-2/h8,10,13,17,22H,3-6,9,11H2,1-2H3,(H,33,34)/t13-,17-,22+/m1/s1. The Morgan fingerprint density at radius 3 is 2.72 bits per heavy atom. The lowest BCUT2D eigenvalue weighted by Gasteiger charge is -2.38. The van der Waals surface area contributed by atoms with Crippen LogP contribution in [0.1, 0.15) is 36.6 Å². The molecule has 36 heavy (non-hydrogen) atoms. The second-order valence-electron chi connectivity index (χ2n) is 9.17. The zero-order chi connectivity index (χ0) is 25.7. The molecule has 9 nitrogen and oxygen atoms in total. The van der Waals surface area contributed by atoms with Crippen molar-refractivity contribution in [1.82, 2.24) is 14.5 Å². The van der Waals surface area contributed by atoms with Gasteiger partial charge in [-0.1, -0.05) is 0 Å². The van der Waals surface area contributed by atoms with Crippen LogP contribution >= 0.6 is 15.9 Å². The van der Waals surface area contributed by atoms with Crippen LogP contribution in [0.15, 0.2) is 16.6 Å². The van der Waals surface area contributed by atoms with Crippen molar-refractivity contribution in [2.45, 2.75) is 44.2 Å². The predicted octanol–water partition coefficient (Wildman–Crippen LogP) is 4.58. The number of methoxy groups -OCH3 is 2. The number of esters is 1. The molecule has 11 heteroatoms. The lowest BCUT2D eigenvalue weighted by atomic mass is 9.79. The van der Waals surface area contributed by atoms with Gasteiger partial charge in [0.2, 0.25) is 5.88 Å². The molecule has 3 fully saturated rings. The molecular weight excluding hydrogens is 535 g/mol. The maximum atomic E-state index is 15.6. The molecule has 1 N–H and O–H groups in total. The molecule has 0 spiro atoms. The number of benzene rings is 1. The smallest absolute Gasteiger partial charge is 0.407 e. The number of amides is 1. The van der Waals surface area contributed by atoms with E-state index >= 15 is 4.39 Å². The van der Waals surface area contributed by atoms with Gasteiger partial charge < -0.3 is 24.0 Å². The molecule has 2 aromatic heterocycles. The van der Waals surface area contributed by atoms with E-state index < -0.39 is 11.9 Å². The molecule has 0 radical (unpaired) electrons. The summed E-state index contributed by atoms with van der Waals surface area (Å²) in [7, 11) is 2.80. The summed E-state index contributed by atoms with van der Waals surface area (Å²) >= 11 is 3.33. The summed E-state index contributed by atoms with van der Waals surface area (Å²) < 4.78 is 28.3. The molecule has 1 saturated carbocycles. The van der Waals surface area contributed by atoms with Gasteiger partial charge in [-0.3, -0.25) is 4.79 Å². The lowest BCUT2D eigenvalue weighted by Crippen LogP contribution is -2.42. The number of pyridine rings is 1. The van der Waals surface area contributed by atoms with Crippen molar-refractivity contribution in [3.8, 4) is 11.9 Å². The first kappa shape index (κ1) is 24.3. The van der Waals surface area contributed by atoms with Crippen molar-refractivity contribution in [3.63, 3.8) is 0 Å². The second-order valence-corrected chi connectivity index (χ2v) is 9.96. The fourth-order valence-corrected chi connectivity index (χ4v) is 6.22. The van der Waals surface area contributed by atoms with Gasteiger partial charge in [0.05, 0.1) is 54.2 Å². The molecule has 4 heterocycles. The highest BCUT2D eigenvalue weighted by atomic mass is 79.9. The highest BCUT2D eigenvalue weighted by Gasteiger charge is 2.55. The number of hydrogen-bond acceptors (Lipinski definition) is 6. The molecule has 2 saturated heterocycles. The van der Waals surface area contributed by atoms with E-state index in [1.807, 2.05) is 12.1 Å². The quantitative estimate of drug-likeness (QED) is 0.421. The van der Waals surface area contributed by atoms with Crippen molar-refractivity contribution in [2.24, 2.45) is 5.92 Å². The number of aryl methyl sites for hydroxylation is 2. The van der Waals surface area contributed by atoms with E-state index in [1.54, 1.807) is 0 Å². The van der Waals surface area contributed by atoms with Crippen LogP contribution in [-0.4, -0.2) is 58.4 Å². The Morgan fingerprint density at radius 1 is 1.31 bits per heavy atom. The van der Waals surface area contributed by atoms with Crippen LogP contribution < -0.4 is 4.74 Å². The zero-order valence-electron chi connectivity index (χ0n) is 19.8. The van der Waals surface area contributed by atoms with E-state index in [0.717, 1.165) is 12.1 Å². The van der Waals surface area contributed by atoms with Crippen molar-refractivity contribution in [3.05, 3.63) is 33.7 Å². The molecule has 3 aromatic rings. The van der Waals surface area contributed by atoms with E-state index in [1.165, 1.54) is 19.1 Å². The number of rotatable bonds is 7. The summed E-state index contributed by atoms with van der Waals surface area (Å²) in [5, 5.41) is 20.0. The Labute approximate surface area is 214 Å². The van der Waals surface area contributed by atoms with Crippen molar-refractivity contribution in [2.75, 3.05) is 20.8 Å². The number of fused-ring (bicyclic) bond motifs is 4. The van der Waals surface area contributed by atoms with Crippen LogP contribution in [-0.2, 0) is 22.4 Å². The Morgan fingerprint density at radius 2 is 2.08 bits per heavy atom. The minimum absolute atomic E-state index is 0.103. The highest BCUT2D eigenvalue weighted by Crippen LogP contribution is 2.52. The van der Waals surface area contributed by atoms with E-state index in [-0.39, 0.29) is 52.7 Å². The summed E-state index contributed by atoms with van der Waals surface area (Å²) in [5.74, 6) is -0.563. The van der Waals surface area contributed by atoms with Gasteiger partial charge in [-0.2, -0.15) is 5.26 Å². The number of nitriles is 1. The van der Waals surface area contributed by atoms with Gasteiger partial charge in [0.1, 0.15) is 5.52 Å². The number of carbonyl (C=O) groups excluding carboxylic acids is 1. The summed E-state index contributed by atoms with van der Waals surface area (Å²) in [4.78, 5) is 29.7. The molecule has 1 aliphatic carbocycles. The summed E-state index contributed by atoms with van der Waals surface area (Å²) in [6.07, 6.45) is 0.862. The predicted molar refractivity (Wildman–Crippen MR) is 131 cm³/mol. The SMILES string of the molecule is COC(=O)CCc1cc2c(OC)nc3c(F)c(Br)c(CCC#N)cc3c2n1[C@H]1[C@@H]2C[C@H]1N(C(=O)O)C2. The molecule has 3 atom stereocenters. The maximum Gasteiger partial charge on any atom is 0.407 e. The second kappa shape index (κ2) is 9.24. The third-order valence-electron chi connectivity index (χ3n) is 7.38. The number of hydrogen-bond donors (Lipinski definition) is 1. The third-order valence-corrected chi connectivity index (χ3v) is 8.24. The zero-order valence-corrected chi connectivity index (χ0v) is 21.3. The summed E-state index contributed by atoms with van der Waals surface area (Å²) in [5.41, 5.74) is 2.25. The fourth-order valence-electron chi connectivity index (χ4n) is 5.72. The summed E-state index contributed by atoms with van der Waals surface area (Å²) in [6, 6.07) is 5.45. The van der Waals surface area contributed by atoms with Crippen LogP contribution in [0.25, 0.3) is 21.8 Å². The van der Waals surface area contributed by atoms with E-state index in [9.17, 15) is 14.7 Å². The molecule has 6 rings (SSSR count). The topological polar surface area (TPSA) is 118 Å². The van der Waals surface area contributed by atoms with Crippen molar-refractivity contribution >= 4 is 49.8 Å². The Kier molecular flexibility index (Phi) is 6.24. The lowest BCUT2D eigenvalue weighted by molar-refractivity contribution is -0.140. The van der Waals surface area contributed by atoms with Gasteiger partial charge in [-0.15, -0.1) is 0 Å². The number of carboxylic acid groups (broad SMARTS) is 1. The Hall–Kier alpha value is -3.39. The minimum Gasteiger partial charge on any atom is -0.480 e. The maximum absolute atomic E-state index is 15.6. The van der Waals surface area contributed by atoms with E-state index in [2.05, 4.69) is 31.6 Å². The molecule has 1 aromatic carbocycles. The first-order valence-corrected chi connectivity index (χ1v) is 12.4. The minimum atomic E-state index is -0.963. The van der Waals surface area contributed by atoms with Crippen LogP contribution in [0.5, 0.6) is 5.88 Å². The van der Waals surface area contributed by atoms with Crippen LogP contribution in [0.3, 0.4) is 0 Å². The molecule has 188 valence electrons. The number of carbonyl (C=O) groups is 2. The molecule has 2 bridgehead atoms. The van der Waals surface area contributed by atoms with Gasteiger partial charge in [0, 0.05) is 30.0 Å². The van der Waals surface area contributed by atoms with Gasteiger partial charge in [-0.05, 0) is 52.9 Å². The van der Waals surface area contributed by atoms with Gasteiger partial charge in [-0.25, -0.2) is 14.2 Å². The molecule has 2 aliphatic heterocycles. The largest absolute Gasteiger partial charge is 0.480 e. The van der Waals surface area contributed by atoms with E-state index in [0.29, 0.717) is 41.2 Å². The monoisotopic (exact) mass is 558 g/mol. The van der Waals surface area contributed by atoms with Crippen LogP contribution in [0.4, 0.5) is 9.18 Å². The highest BCUT2D eigenvalue weighted by molar-refractivity contribution is 9.10. The van der Waals surface area contributed by atoms with Crippen LogP contribution in [0, 0.1) is 23.1 Å². The first-order valence-electron chi connectivity index (χ1n) is 11.6. The average Bonchev–Trinajstić information content (AvgIpc) is 3.56. The molecule has 0 unspecified atom stereocenters. The number of nitrogens with zero attached hydrogens (tertiary/aromatic N) is 4. The molecule has 1 amide bonds. The Bertz CT molecular complexity index is 1450. The van der Waals surface area contributed by atoms with Crippen LogP contribution in [0.2, 0.25) is 0 Å². The Balaban J connectivity index is 1.79. The van der Waals surface area contributed by atoms with Gasteiger partial charge in [0.25, 0.3) is 0 Å². The van der Waals surface area contributed by atoms with Gasteiger partial charge in [0.15, 0.2) is 5.82 Å². The number of halogens is 2. The average molecular weight is 559 g/mol. The first-order chi connectivity index (χ1) is 17.3. The molecule has 3 aliphatic rings. The number of aromatic nitrogens is 2. The molecular formula is C25H24BrFN4O5. The third kappa shape index (κ3) is 3.66.